The molecule has 0 aliphatic rings. The first-order chi connectivity index (χ1) is 9.60. The van der Waals surface area contributed by atoms with Gasteiger partial charge in [0, 0.05) is 7.05 Å². The first-order valence-electron chi connectivity index (χ1n) is 5.91. The van der Waals surface area contributed by atoms with Gasteiger partial charge < -0.3 is 16.0 Å². The highest BCUT2D eigenvalue weighted by molar-refractivity contribution is 5.97. The molecule has 6 nitrogen and oxygen atoms in total. The van der Waals surface area contributed by atoms with Gasteiger partial charge in [-0.2, -0.15) is 13.2 Å². The Morgan fingerprint density at radius 2 is 2.05 bits per heavy atom. The Morgan fingerprint density at radius 3 is 2.62 bits per heavy atom. The lowest BCUT2D eigenvalue weighted by molar-refractivity contribution is -0.138. The number of carbonyl (C=O) groups excluding carboxylic acids is 2. The molecule has 0 saturated heterocycles. The van der Waals surface area contributed by atoms with Crippen LogP contribution in [0.25, 0.3) is 0 Å². The van der Waals surface area contributed by atoms with Gasteiger partial charge in [-0.15, -0.1) is 0 Å². The zero-order chi connectivity index (χ0) is 16.2. The molecular weight excluding hydrogens is 289 g/mol. The summed E-state index contributed by atoms with van der Waals surface area (Å²) in [4.78, 5) is 28.3. The van der Waals surface area contributed by atoms with Gasteiger partial charge in [-0.3, -0.25) is 14.6 Å². The number of nitrogens with one attached hydrogen (secondary N) is 1. The lowest BCUT2D eigenvalue weighted by Crippen LogP contribution is -2.41. The summed E-state index contributed by atoms with van der Waals surface area (Å²) in [5.41, 5.74) is 6.41. The van der Waals surface area contributed by atoms with Gasteiger partial charge in [0.25, 0.3) is 5.91 Å². The van der Waals surface area contributed by atoms with Crippen LogP contribution < -0.4 is 11.1 Å². The second kappa shape index (κ2) is 6.42. The highest BCUT2D eigenvalue weighted by Crippen LogP contribution is 2.13. The van der Waals surface area contributed by atoms with E-state index in [1.165, 1.54) is 19.3 Å². The first kappa shape index (κ1) is 16.7. The van der Waals surface area contributed by atoms with E-state index in [0.29, 0.717) is 5.69 Å². The zero-order valence-electron chi connectivity index (χ0n) is 11.5. The molecule has 0 aliphatic heterocycles. The summed E-state index contributed by atoms with van der Waals surface area (Å²) in [7, 11) is 1.30. The van der Waals surface area contributed by atoms with Gasteiger partial charge in [-0.05, 0) is 13.0 Å². The van der Waals surface area contributed by atoms with E-state index in [9.17, 15) is 22.8 Å². The Hall–Kier alpha value is -2.32. The fraction of sp³-hybridized carbons (Fsp3) is 0.417. The number of rotatable bonds is 4. The molecule has 0 unspecified atom stereocenters. The number of likely N-dealkylation sites (N-methyl/N-ethyl adjacent to an activating group) is 1. The second-order valence-electron chi connectivity index (χ2n) is 4.45. The summed E-state index contributed by atoms with van der Waals surface area (Å²) in [5, 5.41) is 1.69. The lowest BCUT2D eigenvalue weighted by Gasteiger charge is -2.18. The molecule has 0 atom stereocenters. The van der Waals surface area contributed by atoms with Gasteiger partial charge in [0.2, 0.25) is 5.91 Å². The highest BCUT2D eigenvalue weighted by atomic mass is 19.4. The first-order valence-corrected chi connectivity index (χ1v) is 5.91. The van der Waals surface area contributed by atoms with E-state index in [0.717, 1.165) is 4.90 Å². The van der Waals surface area contributed by atoms with Crippen LogP contribution in [0.5, 0.6) is 0 Å². The second-order valence-corrected chi connectivity index (χ2v) is 4.45. The SMILES string of the molecule is Cc1ncc(N)cc1C(=O)N(C)CC(=O)NCC(F)(F)F. The Labute approximate surface area is 119 Å². The molecule has 1 aromatic heterocycles. The van der Waals surface area contributed by atoms with Crippen molar-refractivity contribution in [1.29, 1.82) is 0 Å². The fourth-order valence-corrected chi connectivity index (χ4v) is 1.51. The zero-order valence-corrected chi connectivity index (χ0v) is 11.5. The van der Waals surface area contributed by atoms with Crippen molar-refractivity contribution in [2.75, 3.05) is 25.9 Å². The molecule has 0 spiro atoms. The number of halogens is 3. The molecule has 1 aromatic rings. The number of hydrogen-bond acceptors (Lipinski definition) is 4. The molecule has 2 amide bonds. The number of anilines is 1. The number of aryl methyl sites for hydroxylation is 1. The molecule has 9 heteroatoms. The largest absolute Gasteiger partial charge is 0.405 e. The summed E-state index contributed by atoms with van der Waals surface area (Å²) in [6, 6.07) is 1.40. The quantitative estimate of drug-likeness (QED) is 0.858. The summed E-state index contributed by atoms with van der Waals surface area (Å²) < 4.78 is 35.9. The fourth-order valence-electron chi connectivity index (χ4n) is 1.51. The summed E-state index contributed by atoms with van der Waals surface area (Å²) >= 11 is 0. The van der Waals surface area contributed by atoms with Gasteiger partial charge in [0.15, 0.2) is 0 Å². The molecule has 0 radical (unpaired) electrons. The number of hydrogen-bond donors (Lipinski definition) is 2. The van der Waals surface area contributed by atoms with Crippen LogP contribution >= 0.6 is 0 Å². The van der Waals surface area contributed by atoms with Crippen LogP contribution in [0.3, 0.4) is 0 Å². The Kier molecular flexibility index (Phi) is 5.12. The third-order valence-electron chi connectivity index (χ3n) is 2.55. The lowest BCUT2D eigenvalue weighted by atomic mass is 10.1. The van der Waals surface area contributed by atoms with Crippen LogP contribution in [0.4, 0.5) is 18.9 Å². The maximum absolute atomic E-state index is 12.1. The van der Waals surface area contributed by atoms with E-state index in [1.54, 1.807) is 12.2 Å². The molecule has 1 heterocycles. The monoisotopic (exact) mass is 304 g/mol. The van der Waals surface area contributed by atoms with Gasteiger partial charge in [0.05, 0.1) is 29.7 Å². The molecule has 116 valence electrons. The van der Waals surface area contributed by atoms with E-state index < -0.39 is 31.1 Å². The summed E-state index contributed by atoms with van der Waals surface area (Å²) in [5.74, 6) is -1.45. The van der Waals surface area contributed by atoms with Crippen molar-refractivity contribution >= 4 is 17.5 Å². The Morgan fingerprint density at radius 1 is 1.43 bits per heavy atom. The average Bonchev–Trinajstić information content (AvgIpc) is 2.37. The van der Waals surface area contributed by atoms with Crippen molar-refractivity contribution in [2.24, 2.45) is 0 Å². The topological polar surface area (TPSA) is 88.3 Å². The molecule has 3 N–H and O–H groups in total. The predicted octanol–water partition coefficient (Wildman–Crippen LogP) is 0.723. The number of nitrogens with two attached hydrogens (primary N) is 1. The van der Waals surface area contributed by atoms with E-state index in [2.05, 4.69) is 4.98 Å². The number of pyridine rings is 1. The molecule has 21 heavy (non-hydrogen) atoms. The number of alkyl halides is 3. The maximum atomic E-state index is 12.1. The number of carbonyl (C=O) groups is 2. The Balaban J connectivity index is 2.66. The van der Waals surface area contributed by atoms with Crippen LogP contribution in [-0.2, 0) is 4.79 Å². The van der Waals surface area contributed by atoms with Crippen molar-refractivity contribution in [3.8, 4) is 0 Å². The smallest absolute Gasteiger partial charge is 0.397 e. The molecule has 0 aliphatic carbocycles. The normalized spacial score (nSPS) is 11.1. The molecule has 1 rings (SSSR count). The minimum atomic E-state index is -4.49. The average molecular weight is 304 g/mol. The minimum Gasteiger partial charge on any atom is -0.397 e. The molecule has 0 saturated carbocycles. The van der Waals surface area contributed by atoms with Gasteiger partial charge in [-0.1, -0.05) is 0 Å². The van der Waals surface area contributed by atoms with Crippen molar-refractivity contribution < 1.29 is 22.8 Å². The van der Waals surface area contributed by atoms with Crippen molar-refractivity contribution in [3.63, 3.8) is 0 Å². The summed E-state index contributed by atoms with van der Waals surface area (Å²) in [6.07, 6.45) is -3.12. The third-order valence-corrected chi connectivity index (χ3v) is 2.55. The third kappa shape index (κ3) is 5.28. The van der Waals surface area contributed by atoms with Crippen LogP contribution in [0, 0.1) is 6.92 Å². The van der Waals surface area contributed by atoms with Gasteiger partial charge in [0.1, 0.15) is 6.54 Å². The van der Waals surface area contributed by atoms with Gasteiger partial charge >= 0.3 is 6.18 Å². The van der Waals surface area contributed by atoms with Crippen LogP contribution in [0.15, 0.2) is 12.3 Å². The van der Waals surface area contributed by atoms with E-state index in [4.69, 9.17) is 5.73 Å². The van der Waals surface area contributed by atoms with E-state index in [-0.39, 0.29) is 11.3 Å². The van der Waals surface area contributed by atoms with E-state index >= 15 is 0 Å². The number of nitrogen functional groups attached to an aromatic ring is 1. The molecule has 0 bridgehead atoms. The molecular formula is C12H15F3N4O2. The van der Waals surface area contributed by atoms with Crippen molar-refractivity contribution in [2.45, 2.75) is 13.1 Å². The maximum Gasteiger partial charge on any atom is 0.405 e. The highest BCUT2D eigenvalue weighted by Gasteiger charge is 2.28. The molecule has 0 fully saturated rings. The molecule has 0 aromatic carbocycles. The Bertz CT molecular complexity index is 546. The standard InChI is InChI=1S/C12H15F3N4O2/c1-7-9(3-8(16)4-17-7)11(21)19(2)5-10(20)18-6-12(13,14)15/h3-4H,5-6,16H2,1-2H3,(H,18,20). The van der Waals surface area contributed by atoms with Crippen LogP contribution in [0.1, 0.15) is 16.1 Å². The van der Waals surface area contributed by atoms with E-state index in [1.807, 2.05) is 0 Å². The van der Waals surface area contributed by atoms with Crippen LogP contribution in [0.2, 0.25) is 0 Å². The summed E-state index contributed by atoms with van der Waals surface area (Å²) in [6.45, 7) is -0.347. The number of aromatic nitrogens is 1. The minimum absolute atomic E-state index is 0.195. The van der Waals surface area contributed by atoms with Gasteiger partial charge in [-0.25, -0.2) is 0 Å². The van der Waals surface area contributed by atoms with Crippen molar-refractivity contribution in [1.82, 2.24) is 15.2 Å². The predicted molar refractivity (Wildman–Crippen MR) is 69.4 cm³/mol. The number of nitrogens with zero attached hydrogens (tertiary/aromatic N) is 2. The number of amides is 2. The van der Waals surface area contributed by atoms with Crippen LogP contribution in [-0.4, -0.2) is 48.0 Å². The van der Waals surface area contributed by atoms with Crippen molar-refractivity contribution in [3.05, 3.63) is 23.5 Å².